The fourth-order valence-corrected chi connectivity index (χ4v) is 0. The monoisotopic (exact) mass is 190 g/mol. The van der Waals surface area contributed by atoms with Crippen molar-refractivity contribution in [3.63, 3.8) is 0 Å². The molecule has 0 saturated carbocycles. The van der Waals surface area contributed by atoms with Gasteiger partial charge in [-0.25, -0.2) is 0 Å². The van der Waals surface area contributed by atoms with Crippen LogP contribution in [-0.4, -0.2) is 52.5 Å². The molecule has 0 heterocycles. The van der Waals surface area contributed by atoms with Crippen molar-refractivity contribution in [1.82, 2.24) is 0 Å². The minimum Gasteiger partial charge on any atom is -2.00 e. The van der Waals surface area contributed by atoms with Gasteiger partial charge in [-0.1, -0.05) is 0 Å². The summed E-state index contributed by atoms with van der Waals surface area (Å²) in [5.74, 6) is 0. The number of hydrogen-bond donors (Lipinski definition) is 0. The fourth-order valence-electron chi connectivity index (χ4n) is 0. The average molecular weight is 190 g/mol. The first-order chi connectivity index (χ1) is 1.41. The van der Waals surface area contributed by atoms with E-state index in [1.807, 2.05) is 0 Å². The molecule has 0 rings (SSSR count). The van der Waals surface area contributed by atoms with Gasteiger partial charge in [-0.05, 0) is 0 Å². The number of hydrogen-bond acceptors (Lipinski definition) is 3. The van der Waals surface area contributed by atoms with E-state index in [-0.39, 0.29) is 88.1 Å². The van der Waals surface area contributed by atoms with Crippen molar-refractivity contribution in [2.24, 2.45) is 0 Å². The second-order valence-electron chi connectivity index (χ2n) is 0.0833. The summed E-state index contributed by atoms with van der Waals surface area (Å²) >= 11 is 0. The van der Waals surface area contributed by atoms with Crippen LogP contribution in [0.4, 0.5) is 0 Å². The molecule has 0 saturated heterocycles. The molecule has 0 aromatic carbocycles. The van der Waals surface area contributed by atoms with Gasteiger partial charge in [0.05, 0.1) is 0 Å². The van der Waals surface area contributed by atoms with Crippen molar-refractivity contribution in [3.8, 4) is 0 Å². The minimum atomic E-state index is -1.42. The molecular weight excluding hydrogens is 186 g/mol. The summed E-state index contributed by atoms with van der Waals surface area (Å²) in [5.41, 5.74) is 0. The predicted octanol–water partition coefficient (Wildman–Crippen LogP) is -4.23. The topological polar surface area (TPSA) is 92.6 Å². The van der Waals surface area contributed by atoms with Crippen LogP contribution in [0.1, 0.15) is 0 Å². The Bertz CT molecular complexity index is 37.0. The van der Waals surface area contributed by atoms with E-state index in [4.69, 9.17) is 8.92 Å². The van der Waals surface area contributed by atoms with Crippen LogP contribution in [-0.2, 0) is 14.4 Å². The Labute approximate surface area is 105 Å². The fraction of sp³-hybridized carbons (Fsp3) is 0. The van der Waals surface area contributed by atoms with Crippen molar-refractivity contribution in [1.29, 1.82) is 0 Å². The van der Waals surface area contributed by atoms with E-state index in [1.54, 1.807) is 0 Å². The van der Waals surface area contributed by atoms with Gasteiger partial charge in [-0.15, -0.1) is 0 Å². The van der Waals surface area contributed by atoms with Crippen LogP contribution in [0.3, 0.4) is 0 Å². The molecule has 0 aliphatic heterocycles. The van der Waals surface area contributed by atoms with Crippen molar-refractivity contribution in [3.05, 3.63) is 0 Å². The van der Waals surface area contributed by atoms with Gasteiger partial charge in [0.15, 0.2) is 0 Å². The van der Waals surface area contributed by atoms with Crippen LogP contribution in [0.5, 0.6) is 0 Å². The molecule has 0 aromatic heterocycles. The maximum absolute atomic E-state index is 8.40. The second-order valence-corrected chi connectivity index (χ2v) is 0.250. The van der Waals surface area contributed by atoms with Crippen molar-refractivity contribution >= 4 is 56.9 Å². The third-order valence-electron chi connectivity index (χ3n) is 0. The van der Waals surface area contributed by atoms with E-state index in [0.29, 0.717) is 0 Å². The van der Waals surface area contributed by atoms with Crippen molar-refractivity contribution in [2.75, 3.05) is 0 Å². The van der Waals surface area contributed by atoms with Crippen LogP contribution in [0, 0.1) is 0 Å². The van der Waals surface area contributed by atoms with Crippen LogP contribution in [0.25, 0.3) is 0 Å². The van der Waals surface area contributed by atoms with E-state index >= 15 is 0 Å². The van der Waals surface area contributed by atoms with Gasteiger partial charge in [-0.2, -0.15) is 9.90 Å². The summed E-state index contributed by atoms with van der Waals surface area (Å²) < 4.78 is 16.8. The molecule has 0 aliphatic carbocycles. The summed E-state index contributed by atoms with van der Waals surface area (Å²) in [6.07, 6.45) is 0. The smallest absolute Gasteiger partial charge is 2.00 e. The largest absolute Gasteiger partial charge is 2.00 e. The first-order valence-electron chi connectivity index (χ1n) is 0.408. The van der Waals surface area contributed by atoms with E-state index in [0.717, 1.165) is 0 Å². The van der Waals surface area contributed by atoms with Gasteiger partial charge in [0.1, 0.15) is 0 Å². The molecule has 0 bridgehead atoms. The maximum Gasteiger partial charge on any atom is 2.00 e. The first-order valence-corrected chi connectivity index (χ1v) is 1.22. The van der Waals surface area contributed by atoms with Crippen molar-refractivity contribution in [2.45, 2.75) is 0 Å². The van der Waals surface area contributed by atoms with Gasteiger partial charge >= 0.3 is 76.6 Å². The minimum absolute atomic E-state index is 0. The second kappa shape index (κ2) is 57.0. The molecule has 4 nitrogen and oxygen atoms in total. The summed E-state index contributed by atoms with van der Waals surface area (Å²) in [6.45, 7) is 0. The van der Waals surface area contributed by atoms with Crippen LogP contribution >= 0.6 is 9.90 Å². The molecule has 1 N–H and O–H groups in total. The van der Waals surface area contributed by atoms with Crippen LogP contribution in [0.2, 0.25) is 0 Å². The summed E-state index contributed by atoms with van der Waals surface area (Å²) in [6, 6.07) is 0. The Morgan fingerprint density at radius 2 is 1.12 bits per heavy atom. The molecule has 0 aromatic rings. The van der Waals surface area contributed by atoms with Gasteiger partial charge in [0, 0.05) is 0 Å². The zero-order valence-corrected chi connectivity index (χ0v) is 11.2. The molecule has 0 aliphatic rings. The predicted molar refractivity (Wildman–Crippen MR) is 26.6 cm³/mol. The molecule has 0 amide bonds. The summed E-state index contributed by atoms with van der Waals surface area (Å²) in [7, 11) is -1.42. The van der Waals surface area contributed by atoms with Crippen LogP contribution in [0.15, 0.2) is 0 Å². The van der Waals surface area contributed by atoms with E-state index in [9.17, 15) is 0 Å². The molecule has 0 spiro atoms. The third-order valence-corrected chi connectivity index (χ3v) is 0. The molecule has 8 heavy (non-hydrogen) atoms. The molecule has 1 atom stereocenters. The number of rotatable bonds is 0. The van der Waals surface area contributed by atoms with E-state index in [2.05, 4.69) is 0 Å². The first kappa shape index (κ1) is 47.3. The zero-order chi connectivity index (χ0) is 2.71. The van der Waals surface area contributed by atoms with Crippen molar-refractivity contribution < 1.29 is 49.4 Å². The van der Waals surface area contributed by atoms with E-state index < -0.39 is 9.29 Å². The Hall–Kier alpha value is 2.43. The quantitative estimate of drug-likeness (QED) is 0.286. The average Bonchev–Trinajstić information content (AvgIpc) is 0.918. The summed E-state index contributed by atoms with van der Waals surface area (Å²) in [5, 5.41) is 0. The molecule has 0 radical (unpaired) electrons. The van der Waals surface area contributed by atoms with E-state index in [1.165, 1.54) is 0 Å². The molecule has 8 heteroatoms. The normalized spacial score (nSPS) is 1.00. The zero-order valence-electron chi connectivity index (χ0n) is 4.59. The molecule has 40 valence electrons. The Balaban J connectivity index is -0.00000000200. The van der Waals surface area contributed by atoms with Gasteiger partial charge in [-0.3, -0.25) is 8.92 Å². The third kappa shape index (κ3) is 78.9. The van der Waals surface area contributed by atoms with Gasteiger partial charge < -0.3 is 11.0 Å². The Morgan fingerprint density at radius 3 is 1.12 bits per heavy atom. The molecular formula is H4CaNaO4PSi. The van der Waals surface area contributed by atoms with Gasteiger partial charge in [0.25, 0.3) is 0 Å². The Morgan fingerprint density at radius 1 is 1.12 bits per heavy atom. The Kier molecular flexibility index (Phi) is 337. The summed E-state index contributed by atoms with van der Waals surface area (Å²) in [4.78, 5) is 0. The van der Waals surface area contributed by atoms with Gasteiger partial charge in [0.2, 0.25) is 0 Å². The maximum atomic E-state index is 8.40. The molecule has 1 unspecified atom stereocenters. The molecule has 0 fully saturated rings. The van der Waals surface area contributed by atoms with Crippen LogP contribution < -0.4 is 29.6 Å². The standard InChI is InChI=1S/Ca.Na.O2Si.H2O.O.H3P/c;;1-3-2;;;/h;;;1H2;;1H3/q+2;+1;;;-2;/p-1. The SMILES string of the molecule is O=[Si]=O.P.[Ca+2].[Na+].[O-2].[OH-].